The summed E-state index contributed by atoms with van der Waals surface area (Å²) >= 11 is 0. The summed E-state index contributed by atoms with van der Waals surface area (Å²) in [6, 6.07) is 5.65. The smallest absolute Gasteiger partial charge is 0.336 e. The largest absolute Gasteiger partial charge is 0.442 e. The average molecular weight is 316 g/mol. The van der Waals surface area contributed by atoms with Gasteiger partial charge in [-0.1, -0.05) is 11.2 Å². The van der Waals surface area contributed by atoms with E-state index >= 15 is 0 Å². The number of carbonyl (C=O) groups excluding carboxylic acids is 1. The Balaban J connectivity index is 1.87. The molecule has 23 heavy (non-hydrogen) atoms. The van der Waals surface area contributed by atoms with Crippen molar-refractivity contribution in [2.24, 2.45) is 0 Å². The molecule has 0 bridgehead atoms. The van der Waals surface area contributed by atoms with Crippen molar-refractivity contribution < 1.29 is 9.32 Å². The maximum Gasteiger partial charge on any atom is 0.442 e. The standard InChI is InChI=1S/C16H20N4O3/c1-11-6-5-7-12(2)20(11)14(21)10-19-15(18-23-16(19)22)13-8-3-4-9-17-13/h3-4,8-9,11-12H,5-7,10H2,1-2H3/t11-,12+. The van der Waals surface area contributed by atoms with Gasteiger partial charge in [0.1, 0.15) is 12.2 Å². The van der Waals surface area contributed by atoms with Gasteiger partial charge >= 0.3 is 5.76 Å². The number of hydrogen-bond donors (Lipinski definition) is 0. The predicted molar refractivity (Wildman–Crippen MR) is 83.6 cm³/mol. The van der Waals surface area contributed by atoms with Crippen LogP contribution in [0.1, 0.15) is 33.1 Å². The molecule has 1 fully saturated rings. The van der Waals surface area contributed by atoms with E-state index in [0.717, 1.165) is 19.3 Å². The summed E-state index contributed by atoms with van der Waals surface area (Å²) in [6.07, 6.45) is 4.71. The van der Waals surface area contributed by atoms with Crippen molar-refractivity contribution in [2.45, 2.75) is 51.7 Å². The number of aromatic nitrogens is 3. The van der Waals surface area contributed by atoms with Gasteiger partial charge in [-0.3, -0.25) is 14.3 Å². The molecule has 1 aliphatic heterocycles. The molecule has 7 heteroatoms. The summed E-state index contributed by atoms with van der Waals surface area (Å²) in [7, 11) is 0. The molecule has 0 aromatic carbocycles. The van der Waals surface area contributed by atoms with Crippen molar-refractivity contribution >= 4 is 5.91 Å². The first-order chi connectivity index (χ1) is 11.1. The maximum absolute atomic E-state index is 12.7. The van der Waals surface area contributed by atoms with Gasteiger partial charge in [0.05, 0.1) is 0 Å². The van der Waals surface area contributed by atoms with E-state index in [2.05, 4.69) is 10.1 Å². The van der Waals surface area contributed by atoms with Crippen LogP contribution in [0.5, 0.6) is 0 Å². The Hall–Kier alpha value is -2.44. The second kappa shape index (κ2) is 6.36. The van der Waals surface area contributed by atoms with Gasteiger partial charge in [-0.2, -0.15) is 0 Å². The number of hydrogen-bond acceptors (Lipinski definition) is 5. The first-order valence-corrected chi connectivity index (χ1v) is 7.87. The second-order valence-electron chi connectivity index (χ2n) is 6.00. The van der Waals surface area contributed by atoms with E-state index in [0.29, 0.717) is 5.69 Å². The SMILES string of the molecule is C[C@@H]1CCC[C@H](C)N1C(=O)Cn1c(-c2ccccn2)noc1=O. The zero-order valence-electron chi connectivity index (χ0n) is 13.3. The summed E-state index contributed by atoms with van der Waals surface area (Å²) < 4.78 is 5.99. The van der Waals surface area contributed by atoms with Crippen LogP contribution >= 0.6 is 0 Å². The fourth-order valence-electron chi connectivity index (χ4n) is 3.22. The highest BCUT2D eigenvalue weighted by Gasteiger charge is 2.30. The normalized spacial score (nSPS) is 21.4. The van der Waals surface area contributed by atoms with Crippen LogP contribution in [0.2, 0.25) is 0 Å². The summed E-state index contributed by atoms with van der Waals surface area (Å²) in [4.78, 5) is 30.7. The quantitative estimate of drug-likeness (QED) is 0.860. The van der Waals surface area contributed by atoms with E-state index in [1.807, 2.05) is 18.7 Å². The summed E-state index contributed by atoms with van der Waals surface area (Å²) in [6.45, 7) is 4.01. The van der Waals surface area contributed by atoms with Gasteiger partial charge in [0, 0.05) is 18.3 Å². The van der Waals surface area contributed by atoms with Crippen molar-refractivity contribution in [1.82, 2.24) is 19.6 Å². The molecule has 3 heterocycles. The highest BCUT2D eigenvalue weighted by Crippen LogP contribution is 2.23. The lowest BCUT2D eigenvalue weighted by molar-refractivity contribution is -0.138. The van der Waals surface area contributed by atoms with Gasteiger partial charge in [-0.05, 0) is 45.2 Å². The van der Waals surface area contributed by atoms with Gasteiger partial charge in [0.25, 0.3) is 0 Å². The number of nitrogens with zero attached hydrogens (tertiary/aromatic N) is 4. The summed E-state index contributed by atoms with van der Waals surface area (Å²) in [5, 5.41) is 3.76. The predicted octanol–water partition coefficient (Wildman–Crippen LogP) is 1.69. The second-order valence-corrected chi connectivity index (χ2v) is 6.00. The van der Waals surface area contributed by atoms with Crippen LogP contribution in [0.15, 0.2) is 33.7 Å². The first-order valence-electron chi connectivity index (χ1n) is 7.87. The molecular formula is C16H20N4O3. The fraction of sp³-hybridized carbons (Fsp3) is 0.500. The molecule has 7 nitrogen and oxygen atoms in total. The van der Waals surface area contributed by atoms with Crippen LogP contribution in [-0.4, -0.2) is 37.6 Å². The van der Waals surface area contributed by atoms with Crippen molar-refractivity contribution in [1.29, 1.82) is 0 Å². The van der Waals surface area contributed by atoms with E-state index in [9.17, 15) is 9.59 Å². The molecule has 0 N–H and O–H groups in total. The maximum atomic E-state index is 12.7. The first kappa shape index (κ1) is 15.5. The highest BCUT2D eigenvalue weighted by molar-refractivity contribution is 5.77. The van der Waals surface area contributed by atoms with Crippen LogP contribution in [-0.2, 0) is 11.3 Å². The van der Waals surface area contributed by atoms with Gasteiger partial charge in [-0.25, -0.2) is 9.36 Å². The molecule has 1 aliphatic rings. The lowest BCUT2D eigenvalue weighted by Gasteiger charge is -2.39. The van der Waals surface area contributed by atoms with Gasteiger partial charge in [-0.15, -0.1) is 0 Å². The third-order valence-corrected chi connectivity index (χ3v) is 4.36. The Morgan fingerprint density at radius 1 is 1.30 bits per heavy atom. The molecule has 1 saturated heterocycles. The molecule has 0 radical (unpaired) electrons. The van der Waals surface area contributed by atoms with Gasteiger partial charge in [0.15, 0.2) is 0 Å². The van der Waals surface area contributed by atoms with Crippen LogP contribution in [0.4, 0.5) is 0 Å². The number of piperidine rings is 1. The molecule has 3 rings (SSSR count). The third kappa shape index (κ3) is 3.04. The number of pyridine rings is 1. The number of rotatable bonds is 3. The van der Waals surface area contributed by atoms with E-state index in [1.165, 1.54) is 4.57 Å². The van der Waals surface area contributed by atoms with Crippen LogP contribution in [0, 0.1) is 0 Å². The van der Waals surface area contributed by atoms with E-state index in [4.69, 9.17) is 4.52 Å². The van der Waals surface area contributed by atoms with Crippen molar-refractivity contribution in [3.8, 4) is 11.5 Å². The number of amides is 1. The van der Waals surface area contributed by atoms with E-state index < -0.39 is 5.76 Å². The number of carbonyl (C=O) groups is 1. The van der Waals surface area contributed by atoms with Crippen LogP contribution in [0.25, 0.3) is 11.5 Å². The molecule has 2 aromatic heterocycles. The lowest BCUT2D eigenvalue weighted by Crippen LogP contribution is -2.49. The molecule has 1 amide bonds. The third-order valence-electron chi connectivity index (χ3n) is 4.36. The van der Waals surface area contributed by atoms with Crippen LogP contribution in [0.3, 0.4) is 0 Å². The molecule has 0 spiro atoms. The Labute approximate surface area is 133 Å². The van der Waals surface area contributed by atoms with Gasteiger partial charge in [0.2, 0.25) is 11.7 Å². The molecule has 0 saturated carbocycles. The van der Waals surface area contributed by atoms with Crippen molar-refractivity contribution in [3.63, 3.8) is 0 Å². The Bertz CT molecular complexity index is 727. The molecule has 2 atom stereocenters. The zero-order valence-corrected chi connectivity index (χ0v) is 13.3. The topological polar surface area (TPSA) is 81.2 Å². The Morgan fingerprint density at radius 3 is 2.70 bits per heavy atom. The summed E-state index contributed by atoms with van der Waals surface area (Å²) in [5.74, 6) is -0.454. The lowest BCUT2D eigenvalue weighted by atomic mass is 9.97. The minimum Gasteiger partial charge on any atom is -0.336 e. The molecule has 2 aromatic rings. The van der Waals surface area contributed by atoms with Gasteiger partial charge < -0.3 is 4.90 Å². The molecular weight excluding hydrogens is 296 g/mol. The Morgan fingerprint density at radius 2 is 2.04 bits per heavy atom. The zero-order chi connectivity index (χ0) is 16.4. The molecule has 122 valence electrons. The monoisotopic (exact) mass is 316 g/mol. The van der Waals surface area contributed by atoms with Crippen molar-refractivity contribution in [2.75, 3.05) is 0 Å². The van der Waals surface area contributed by atoms with Crippen molar-refractivity contribution in [3.05, 3.63) is 34.9 Å². The van der Waals surface area contributed by atoms with Crippen LogP contribution < -0.4 is 5.76 Å². The minimum absolute atomic E-state index is 0.0804. The summed E-state index contributed by atoms with van der Waals surface area (Å²) in [5.41, 5.74) is 0.505. The van der Waals surface area contributed by atoms with E-state index in [1.54, 1.807) is 24.4 Å². The molecule has 0 unspecified atom stereocenters. The number of likely N-dealkylation sites (tertiary alicyclic amines) is 1. The fourth-order valence-corrected chi connectivity index (χ4v) is 3.22. The average Bonchev–Trinajstić information content (AvgIpc) is 2.89. The van der Waals surface area contributed by atoms with E-state index in [-0.39, 0.29) is 30.4 Å². The minimum atomic E-state index is -0.642. The Kier molecular flexibility index (Phi) is 4.27. The molecule has 0 aliphatic carbocycles. The highest BCUT2D eigenvalue weighted by atomic mass is 16.5.